The molecule has 1 unspecified atom stereocenters. The van der Waals surface area contributed by atoms with Crippen LogP contribution in [0.4, 0.5) is 0 Å². The molecular formula is C8H16N2O. The van der Waals surface area contributed by atoms with Crippen molar-refractivity contribution in [3.05, 3.63) is 0 Å². The average molecular weight is 156 g/mol. The topological polar surface area (TPSA) is 46.3 Å². The number of hydrogen-bond donors (Lipinski definition) is 1. The molecule has 0 spiro atoms. The molecule has 2 N–H and O–H groups in total. The molecule has 1 atom stereocenters. The fourth-order valence-corrected chi connectivity index (χ4v) is 1.59. The smallest absolute Gasteiger partial charge is 0.236 e. The van der Waals surface area contributed by atoms with Crippen molar-refractivity contribution in [2.24, 2.45) is 5.73 Å². The van der Waals surface area contributed by atoms with Crippen molar-refractivity contribution in [2.75, 3.05) is 13.1 Å². The first-order valence-electron chi connectivity index (χ1n) is 4.25. The zero-order valence-electron chi connectivity index (χ0n) is 7.05. The molecule has 64 valence electrons. The van der Waals surface area contributed by atoms with Crippen molar-refractivity contribution < 1.29 is 4.79 Å². The van der Waals surface area contributed by atoms with Crippen LogP contribution in [0, 0.1) is 0 Å². The Hall–Kier alpha value is -0.570. The van der Waals surface area contributed by atoms with E-state index in [-0.39, 0.29) is 12.5 Å². The quantitative estimate of drug-likeness (QED) is 0.595. The Balaban J connectivity index is 2.47. The maximum absolute atomic E-state index is 11.2. The summed E-state index contributed by atoms with van der Waals surface area (Å²) in [5.74, 6) is 0.0946. The van der Waals surface area contributed by atoms with E-state index < -0.39 is 0 Å². The SMILES string of the molecule is CC1CCCCN1C(=O)CN. The van der Waals surface area contributed by atoms with E-state index in [9.17, 15) is 4.79 Å². The molecule has 0 aromatic rings. The minimum atomic E-state index is 0.0946. The number of piperidine rings is 1. The van der Waals surface area contributed by atoms with Gasteiger partial charge in [0.25, 0.3) is 0 Å². The summed E-state index contributed by atoms with van der Waals surface area (Å²) in [6.07, 6.45) is 3.51. The molecule has 1 fully saturated rings. The number of carbonyl (C=O) groups is 1. The van der Waals surface area contributed by atoms with Crippen LogP contribution >= 0.6 is 0 Å². The number of nitrogens with zero attached hydrogens (tertiary/aromatic N) is 1. The second kappa shape index (κ2) is 3.72. The van der Waals surface area contributed by atoms with Crippen LogP contribution in [0.25, 0.3) is 0 Å². The minimum Gasteiger partial charge on any atom is -0.339 e. The molecule has 11 heavy (non-hydrogen) atoms. The lowest BCUT2D eigenvalue weighted by atomic mass is 10.0. The molecule has 0 aromatic carbocycles. The molecule has 1 heterocycles. The van der Waals surface area contributed by atoms with Crippen LogP contribution in [0.1, 0.15) is 26.2 Å². The molecule has 0 bridgehead atoms. The van der Waals surface area contributed by atoms with Gasteiger partial charge < -0.3 is 10.6 Å². The molecule has 1 rings (SSSR count). The maximum atomic E-state index is 11.2. The van der Waals surface area contributed by atoms with Crippen LogP contribution in [-0.4, -0.2) is 29.9 Å². The fraction of sp³-hybridized carbons (Fsp3) is 0.875. The summed E-state index contributed by atoms with van der Waals surface area (Å²) in [4.78, 5) is 13.1. The van der Waals surface area contributed by atoms with Gasteiger partial charge in [0.05, 0.1) is 6.54 Å². The first-order chi connectivity index (χ1) is 5.25. The molecule has 1 saturated heterocycles. The summed E-state index contributed by atoms with van der Waals surface area (Å²) in [6, 6.07) is 0.403. The Labute approximate surface area is 67.5 Å². The Kier molecular flexibility index (Phi) is 2.88. The van der Waals surface area contributed by atoms with Gasteiger partial charge in [-0.3, -0.25) is 4.79 Å². The predicted octanol–water partition coefficient (Wildman–Crippen LogP) is 0.346. The van der Waals surface area contributed by atoms with Gasteiger partial charge in [0, 0.05) is 12.6 Å². The summed E-state index contributed by atoms with van der Waals surface area (Å²) in [5, 5.41) is 0. The highest BCUT2D eigenvalue weighted by molar-refractivity contribution is 5.78. The molecule has 1 amide bonds. The maximum Gasteiger partial charge on any atom is 0.236 e. The highest BCUT2D eigenvalue weighted by atomic mass is 16.2. The van der Waals surface area contributed by atoms with Crippen molar-refractivity contribution in [2.45, 2.75) is 32.2 Å². The number of likely N-dealkylation sites (tertiary alicyclic amines) is 1. The first-order valence-corrected chi connectivity index (χ1v) is 4.25. The lowest BCUT2D eigenvalue weighted by molar-refractivity contribution is -0.132. The van der Waals surface area contributed by atoms with Crippen LogP contribution in [0.15, 0.2) is 0 Å². The summed E-state index contributed by atoms with van der Waals surface area (Å²) < 4.78 is 0. The second-order valence-electron chi connectivity index (χ2n) is 3.14. The molecule has 0 saturated carbocycles. The fourth-order valence-electron chi connectivity index (χ4n) is 1.59. The van der Waals surface area contributed by atoms with Gasteiger partial charge in [0.1, 0.15) is 0 Å². The van der Waals surface area contributed by atoms with E-state index in [0.717, 1.165) is 19.4 Å². The van der Waals surface area contributed by atoms with E-state index >= 15 is 0 Å². The van der Waals surface area contributed by atoms with Gasteiger partial charge in [-0.1, -0.05) is 0 Å². The minimum absolute atomic E-state index is 0.0946. The van der Waals surface area contributed by atoms with Crippen molar-refractivity contribution in [1.29, 1.82) is 0 Å². The van der Waals surface area contributed by atoms with Crippen LogP contribution in [-0.2, 0) is 4.79 Å². The van der Waals surface area contributed by atoms with Gasteiger partial charge in [-0.25, -0.2) is 0 Å². The van der Waals surface area contributed by atoms with Crippen LogP contribution in [0.5, 0.6) is 0 Å². The highest BCUT2D eigenvalue weighted by Gasteiger charge is 2.21. The largest absolute Gasteiger partial charge is 0.339 e. The first kappa shape index (κ1) is 8.53. The predicted molar refractivity (Wildman–Crippen MR) is 44.1 cm³/mol. The van der Waals surface area contributed by atoms with Gasteiger partial charge in [-0.2, -0.15) is 0 Å². The lowest BCUT2D eigenvalue weighted by Crippen LogP contribution is -2.44. The molecule has 3 heteroatoms. The van der Waals surface area contributed by atoms with Gasteiger partial charge in [-0.05, 0) is 26.2 Å². The molecule has 0 radical (unpaired) electrons. The third-order valence-electron chi connectivity index (χ3n) is 2.30. The Morgan fingerprint density at radius 3 is 2.91 bits per heavy atom. The summed E-state index contributed by atoms with van der Waals surface area (Å²) in [6.45, 7) is 3.15. The number of rotatable bonds is 1. The number of carbonyl (C=O) groups excluding carboxylic acids is 1. The zero-order chi connectivity index (χ0) is 8.27. The lowest BCUT2D eigenvalue weighted by Gasteiger charge is -2.33. The molecule has 3 nitrogen and oxygen atoms in total. The van der Waals surface area contributed by atoms with E-state index in [1.165, 1.54) is 6.42 Å². The number of hydrogen-bond acceptors (Lipinski definition) is 2. The van der Waals surface area contributed by atoms with Gasteiger partial charge >= 0.3 is 0 Å². The van der Waals surface area contributed by atoms with Crippen LogP contribution in [0.3, 0.4) is 0 Å². The second-order valence-corrected chi connectivity index (χ2v) is 3.14. The third-order valence-corrected chi connectivity index (χ3v) is 2.30. The van der Waals surface area contributed by atoms with Crippen molar-refractivity contribution in [1.82, 2.24) is 4.90 Å². The van der Waals surface area contributed by atoms with E-state index in [2.05, 4.69) is 6.92 Å². The Morgan fingerprint density at radius 1 is 1.64 bits per heavy atom. The zero-order valence-corrected chi connectivity index (χ0v) is 7.05. The van der Waals surface area contributed by atoms with Crippen molar-refractivity contribution in [3.63, 3.8) is 0 Å². The Bertz CT molecular complexity index is 147. The summed E-state index contributed by atoms with van der Waals surface area (Å²) in [5.41, 5.74) is 5.27. The normalized spacial score (nSPS) is 25.3. The third kappa shape index (κ3) is 1.93. The van der Waals surface area contributed by atoms with Gasteiger partial charge in [0.2, 0.25) is 5.91 Å². The standard InChI is InChI=1S/C8H16N2O/c1-7-4-2-3-5-10(7)8(11)6-9/h7H,2-6,9H2,1H3. The van der Waals surface area contributed by atoms with E-state index in [0.29, 0.717) is 6.04 Å². The summed E-state index contributed by atoms with van der Waals surface area (Å²) >= 11 is 0. The van der Waals surface area contributed by atoms with Gasteiger partial charge in [0.15, 0.2) is 0 Å². The van der Waals surface area contributed by atoms with Crippen LogP contribution in [0.2, 0.25) is 0 Å². The molecular weight excluding hydrogens is 140 g/mol. The highest BCUT2D eigenvalue weighted by Crippen LogP contribution is 2.15. The van der Waals surface area contributed by atoms with E-state index in [4.69, 9.17) is 5.73 Å². The van der Waals surface area contributed by atoms with Crippen LogP contribution < -0.4 is 5.73 Å². The number of nitrogens with two attached hydrogens (primary N) is 1. The van der Waals surface area contributed by atoms with Gasteiger partial charge in [-0.15, -0.1) is 0 Å². The summed E-state index contributed by atoms with van der Waals surface area (Å²) in [7, 11) is 0. The average Bonchev–Trinajstić information content (AvgIpc) is 2.04. The van der Waals surface area contributed by atoms with E-state index in [1.54, 1.807) is 0 Å². The Morgan fingerprint density at radius 2 is 2.36 bits per heavy atom. The molecule has 1 aliphatic rings. The molecule has 0 aliphatic carbocycles. The van der Waals surface area contributed by atoms with E-state index in [1.807, 2.05) is 4.90 Å². The monoisotopic (exact) mass is 156 g/mol. The molecule has 0 aromatic heterocycles. The van der Waals surface area contributed by atoms with Crippen molar-refractivity contribution in [3.8, 4) is 0 Å². The van der Waals surface area contributed by atoms with Crippen molar-refractivity contribution >= 4 is 5.91 Å². The molecule has 1 aliphatic heterocycles. The number of amides is 1.